The predicted octanol–water partition coefficient (Wildman–Crippen LogP) is 3.86. The molecule has 1 amide bonds. The largest absolute Gasteiger partial charge is 0.490 e. The molecule has 7 heteroatoms. The van der Waals surface area contributed by atoms with E-state index in [4.69, 9.17) is 10.5 Å². The Morgan fingerprint density at radius 2 is 2.06 bits per heavy atom. The summed E-state index contributed by atoms with van der Waals surface area (Å²) in [5.74, 6) is 0.0333. The molecular formula is C26H32N2O4S. The van der Waals surface area contributed by atoms with Crippen LogP contribution >= 0.6 is 0 Å². The van der Waals surface area contributed by atoms with Gasteiger partial charge >= 0.3 is 0 Å². The molecular weight excluding hydrogens is 436 g/mol. The summed E-state index contributed by atoms with van der Waals surface area (Å²) < 4.78 is 34.5. The number of sulfone groups is 1. The molecule has 0 aromatic heterocycles. The molecule has 0 saturated carbocycles. The maximum Gasteiger partial charge on any atom is 0.248 e. The number of anilines is 1. The minimum absolute atomic E-state index is 0.0304. The van der Waals surface area contributed by atoms with Crippen molar-refractivity contribution in [3.05, 3.63) is 71.8 Å². The summed E-state index contributed by atoms with van der Waals surface area (Å²) in [7, 11) is -3.53. The molecule has 33 heavy (non-hydrogen) atoms. The summed E-state index contributed by atoms with van der Waals surface area (Å²) in [6.45, 7) is 8.32. The fourth-order valence-corrected chi connectivity index (χ4v) is 8.38. The number of nitrogens with two attached hydrogens (primary N) is 1. The van der Waals surface area contributed by atoms with Gasteiger partial charge in [0.05, 0.1) is 21.6 Å². The van der Waals surface area contributed by atoms with E-state index in [1.165, 1.54) is 0 Å². The van der Waals surface area contributed by atoms with Crippen molar-refractivity contribution < 1.29 is 17.9 Å². The number of ether oxygens (including phenoxy) is 1. The molecule has 0 bridgehead atoms. The van der Waals surface area contributed by atoms with Crippen LogP contribution in [0.25, 0.3) is 0 Å². The molecule has 2 aromatic carbocycles. The molecule has 1 spiro atoms. The number of carbonyl (C=O) groups excluding carboxylic acids is 1. The Morgan fingerprint density at radius 1 is 1.30 bits per heavy atom. The Bertz CT molecular complexity index is 1170. The number of hydrogen-bond donors (Lipinski definition) is 2. The van der Waals surface area contributed by atoms with Crippen LogP contribution in [0.3, 0.4) is 0 Å². The normalized spacial score (nSPS) is 22.9. The van der Waals surface area contributed by atoms with Gasteiger partial charge in [0.2, 0.25) is 5.91 Å². The second kappa shape index (κ2) is 8.86. The summed E-state index contributed by atoms with van der Waals surface area (Å²) in [5, 5.41) is 2.29. The van der Waals surface area contributed by atoms with Gasteiger partial charge in [0.25, 0.3) is 0 Å². The van der Waals surface area contributed by atoms with Crippen LogP contribution in [0.1, 0.15) is 48.2 Å². The first-order chi connectivity index (χ1) is 15.7. The molecule has 3 atom stereocenters. The van der Waals surface area contributed by atoms with E-state index >= 15 is 0 Å². The quantitative estimate of drug-likeness (QED) is 0.628. The van der Waals surface area contributed by atoms with Gasteiger partial charge in [0, 0.05) is 12.1 Å². The minimum Gasteiger partial charge on any atom is -0.490 e. The highest BCUT2D eigenvalue weighted by atomic mass is 32.2. The van der Waals surface area contributed by atoms with Gasteiger partial charge in [-0.05, 0) is 54.5 Å². The van der Waals surface area contributed by atoms with Gasteiger partial charge in [0.15, 0.2) is 9.84 Å². The monoisotopic (exact) mass is 468 g/mol. The number of allylic oxidation sites excluding steroid dienone is 1. The zero-order valence-electron chi connectivity index (χ0n) is 19.2. The summed E-state index contributed by atoms with van der Waals surface area (Å²) in [5.41, 5.74) is 7.88. The Balaban J connectivity index is 1.83. The second-order valence-electron chi connectivity index (χ2n) is 9.45. The number of amides is 1. The molecule has 2 aromatic rings. The summed E-state index contributed by atoms with van der Waals surface area (Å²) in [6.07, 6.45) is 3.37. The van der Waals surface area contributed by atoms with Gasteiger partial charge in [0.1, 0.15) is 12.4 Å². The number of hydrogen-bond acceptors (Lipinski definition) is 5. The SMILES string of the molecule is C=CC[C@H](C(C)C)S(=O)(=O)C1CCc2ccccc2C12CNc1cc(C(N)=O)ccc1OC2. The van der Waals surface area contributed by atoms with Crippen molar-refractivity contribution in [3.8, 4) is 5.75 Å². The zero-order chi connectivity index (χ0) is 23.8. The Hall–Kier alpha value is -2.80. The fraction of sp³-hybridized carbons (Fsp3) is 0.423. The van der Waals surface area contributed by atoms with Crippen LogP contribution in [-0.2, 0) is 21.7 Å². The van der Waals surface area contributed by atoms with E-state index in [1.54, 1.807) is 24.3 Å². The molecule has 0 radical (unpaired) electrons. The van der Waals surface area contributed by atoms with Crippen LogP contribution in [0.2, 0.25) is 0 Å². The Labute approximate surface area is 196 Å². The number of aryl methyl sites for hydroxylation is 1. The van der Waals surface area contributed by atoms with Crippen LogP contribution in [0.5, 0.6) is 5.75 Å². The summed E-state index contributed by atoms with van der Waals surface area (Å²) >= 11 is 0. The van der Waals surface area contributed by atoms with E-state index in [0.717, 1.165) is 11.1 Å². The van der Waals surface area contributed by atoms with E-state index in [9.17, 15) is 13.2 Å². The maximum absolute atomic E-state index is 14.1. The van der Waals surface area contributed by atoms with E-state index in [-0.39, 0.29) is 12.5 Å². The molecule has 176 valence electrons. The minimum atomic E-state index is -3.53. The first kappa shape index (κ1) is 23.4. The lowest BCUT2D eigenvalue weighted by molar-refractivity contribution is 0.1000. The Morgan fingerprint density at radius 3 is 2.76 bits per heavy atom. The average Bonchev–Trinajstić information content (AvgIpc) is 2.97. The van der Waals surface area contributed by atoms with Gasteiger partial charge in [-0.2, -0.15) is 0 Å². The topological polar surface area (TPSA) is 98.5 Å². The molecule has 1 aliphatic carbocycles. The molecule has 6 nitrogen and oxygen atoms in total. The fourth-order valence-electron chi connectivity index (χ4n) is 5.44. The lowest BCUT2D eigenvalue weighted by Gasteiger charge is -2.45. The number of carbonyl (C=O) groups is 1. The summed E-state index contributed by atoms with van der Waals surface area (Å²) in [4.78, 5) is 11.7. The van der Waals surface area contributed by atoms with E-state index in [0.29, 0.717) is 42.8 Å². The predicted molar refractivity (Wildman–Crippen MR) is 132 cm³/mol. The smallest absolute Gasteiger partial charge is 0.248 e. The van der Waals surface area contributed by atoms with Gasteiger partial charge in [-0.3, -0.25) is 4.79 Å². The zero-order valence-corrected chi connectivity index (χ0v) is 20.0. The van der Waals surface area contributed by atoms with E-state index in [1.807, 2.05) is 32.0 Å². The van der Waals surface area contributed by atoms with Gasteiger partial charge in [-0.1, -0.05) is 44.2 Å². The number of fused-ring (bicyclic) bond motifs is 3. The first-order valence-corrected chi connectivity index (χ1v) is 13.0. The van der Waals surface area contributed by atoms with Crippen molar-refractivity contribution in [1.82, 2.24) is 0 Å². The third-order valence-corrected chi connectivity index (χ3v) is 10.2. The summed E-state index contributed by atoms with van der Waals surface area (Å²) in [6, 6.07) is 13.1. The van der Waals surface area contributed by atoms with E-state index < -0.39 is 31.7 Å². The molecule has 3 N–H and O–H groups in total. The third-order valence-electron chi connectivity index (χ3n) is 7.15. The van der Waals surface area contributed by atoms with Crippen LogP contribution in [-0.4, -0.2) is 38.0 Å². The first-order valence-electron chi connectivity index (χ1n) is 11.4. The van der Waals surface area contributed by atoms with Crippen molar-refractivity contribution in [2.24, 2.45) is 11.7 Å². The highest BCUT2D eigenvalue weighted by Crippen LogP contribution is 2.46. The van der Waals surface area contributed by atoms with Crippen LogP contribution in [0.4, 0.5) is 5.69 Å². The van der Waals surface area contributed by atoms with Crippen LogP contribution in [0, 0.1) is 5.92 Å². The van der Waals surface area contributed by atoms with Gasteiger partial charge in [-0.25, -0.2) is 8.42 Å². The highest BCUT2D eigenvalue weighted by Gasteiger charge is 2.53. The van der Waals surface area contributed by atoms with Crippen molar-refractivity contribution >= 4 is 21.4 Å². The van der Waals surface area contributed by atoms with Crippen LogP contribution < -0.4 is 15.8 Å². The number of primary amides is 1. The standard InChI is InChI=1S/C26H32N2O4S/c1-4-7-23(17(2)3)33(30,31)24-13-11-18-8-5-6-9-20(18)26(24)15-28-21-14-19(25(27)29)10-12-22(21)32-16-26/h4-6,8-10,12,14,17,23-24,28H,1,7,11,13,15-16H2,2-3H3,(H2,27,29)/t23-,24?,26?/m1/s1. The molecule has 2 unspecified atom stereocenters. The van der Waals surface area contributed by atoms with E-state index in [2.05, 4.69) is 18.0 Å². The lowest BCUT2D eigenvalue weighted by atomic mass is 9.70. The second-order valence-corrected chi connectivity index (χ2v) is 11.8. The van der Waals surface area contributed by atoms with Crippen molar-refractivity contribution in [1.29, 1.82) is 0 Å². The maximum atomic E-state index is 14.1. The highest BCUT2D eigenvalue weighted by molar-refractivity contribution is 7.92. The molecule has 1 heterocycles. The van der Waals surface area contributed by atoms with Crippen molar-refractivity contribution in [3.63, 3.8) is 0 Å². The lowest BCUT2D eigenvalue weighted by Crippen LogP contribution is -2.57. The van der Waals surface area contributed by atoms with Crippen molar-refractivity contribution in [2.75, 3.05) is 18.5 Å². The number of benzene rings is 2. The van der Waals surface area contributed by atoms with Gasteiger partial charge < -0.3 is 15.8 Å². The molecule has 0 fully saturated rings. The Kier molecular flexibility index (Phi) is 6.27. The molecule has 4 rings (SSSR count). The number of rotatable bonds is 6. The average molecular weight is 469 g/mol. The molecule has 0 saturated heterocycles. The molecule has 2 aliphatic rings. The van der Waals surface area contributed by atoms with Crippen molar-refractivity contribution in [2.45, 2.75) is 49.0 Å². The third kappa shape index (κ3) is 4.03. The number of nitrogens with one attached hydrogen (secondary N) is 1. The van der Waals surface area contributed by atoms with Gasteiger partial charge in [-0.15, -0.1) is 6.58 Å². The molecule has 1 aliphatic heterocycles. The van der Waals surface area contributed by atoms with Crippen LogP contribution in [0.15, 0.2) is 55.1 Å².